The SMILES string of the molecule is CCNC(c1ccoc1)c1cccs1. The molecule has 0 aliphatic carbocycles. The van der Waals surface area contributed by atoms with E-state index in [1.54, 1.807) is 23.9 Å². The Labute approximate surface area is 87.6 Å². The highest BCUT2D eigenvalue weighted by molar-refractivity contribution is 7.10. The lowest BCUT2D eigenvalue weighted by molar-refractivity contribution is 0.554. The van der Waals surface area contributed by atoms with Crippen molar-refractivity contribution in [2.75, 3.05) is 6.54 Å². The second-order valence-corrected chi connectivity index (χ2v) is 4.04. The van der Waals surface area contributed by atoms with Gasteiger partial charge in [-0.05, 0) is 24.1 Å². The summed E-state index contributed by atoms with van der Waals surface area (Å²) < 4.78 is 5.10. The fraction of sp³-hybridized carbons (Fsp3) is 0.273. The van der Waals surface area contributed by atoms with Gasteiger partial charge in [0.25, 0.3) is 0 Å². The first kappa shape index (κ1) is 9.49. The average molecular weight is 207 g/mol. The van der Waals surface area contributed by atoms with Crippen LogP contribution in [0.25, 0.3) is 0 Å². The molecule has 0 aliphatic heterocycles. The summed E-state index contributed by atoms with van der Waals surface area (Å²) in [5.74, 6) is 0. The topological polar surface area (TPSA) is 25.2 Å². The first-order chi connectivity index (χ1) is 6.92. The highest BCUT2D eigenvalue weighted by Gasteiger charge is 2.14. The molecule has 1 unspecified atom stereocenters. The molecule has 0 saturated heterocycles. The molecule has 74 valence electrons. The lowest BCUT2D eigenvalue weighted by Crippen LogP contribution is -2.20. The van der Waals surface area contributed by atoms with Crippen molar-refractivity contribution >= 4 is 11.3 Å². The van der Waals surface area contributed by atoms with Crippen LogP contribution in [0.1, 0.15) is 23.4 Å². The van der Waals surface area contributed by atoms with E-state index < -0.39 is 0 Å². The summed E-state index contributed by atoms with van der Waals surface area (Å²) in [5, 5.41) is 5.53. The van der Waals surface area contributed by atoms with Gasteiger partial charge in [0.15, 0.2) is 0 Å². The highest BCUT2D eigenvalue weighted by atomic mass is 32.1. The van der Waals surface area contributed by atoms with Gasteiger partial charge in [-0.2, -0.15) is 0 Å². The van der Waals surface area contributed by atoms with Crippen molar-refractivity contribution < 1.29 is 4.42 Å². The van der Waals surface area contributed by atoms with Gasteiger partial charge in [-0.25, -0.2) is 0 Å². The zero-order chi connectivity index (χ0) is 9.80. The van der Waals surface area contributed by atoms with Gasteiger partial charge in [0.1, 0.15) is 0 Å². The predicted molar refractivity (Wildman–Crippen MR) is 58.5 cm³/mol. The van der Waals surface area contributed by atoms with Crippen molar-refractivity contribution in [3.63, 3.8) is 0 Å². The van der Waals surface area contributed by atoms with Crippen LogP contribution in [0, 0.1) is 0 Å². The van der Waals surface area contributed by atoms with Crippen molar-refractivity contribution in [2.45, 2.75) is 13.0 Å². The summed E-state index contributed by atoms with van der Waals surface area (Å²) in [5.41, 5.74) is 1.19. The number of furan rings is 1. The van der Waals surface area contributed by atoms with E-state index in [1.807, 2.05) is 6.07 Å². The summed E-state index contributed by atoms with van der Waals surface area (Å²) in [7, 11) is 0. The molecule has 2 aromatic heterocycles. The Hall–Kier alpha value is -1.06. The number of nitrogens with one attached hydrogen (secondary N) is 1. The third-order valence-corrected chi connectivity index (χ3v) is 3.05. The van der Waals surface area contributed by atoms with Gasteiger partial charge in [-0.1, -0.05) is 13.0 Å². The predicted octanol–water partition coefficient (Wildman–Crippen LogP) is 3.04. The minimum atomic E-state index is 0.277. The fourth-order valence-corrected chi connectivity index (χ4v) is 2.31. The molecule has 0 radical (unpaired) electrons. The second-order valence-electron chi connectivity index (χ2n) is 3.06. The second kappa shape index (κ2) is 4.44. The van der Waals surface area contributed by atoms with Crippen molar-refractivity contribution in [1.29, 1.82) is 0 Å². The van der Waals surface area contributed by atoms with Gasteiger partial charge in [-0.3, -0.25) is 0 Å². The highest BCUT2D eigenvalue weighted by Crippen LogP contribution is 2.25. The quantitative estimate of drug-likeness (QED) is 0.833. The molecule has 0 amide bonds. The van der Waals surface area contributed by atoms with E-state index in [-0.39, 0.29) is 6.04 Å². The maximum absolute atomic E-state index is 5.10. The first-order valence-electron chi connectivity index (χ1n) is 4.70. The summed E-state index contributed by atoms with van der Waals surface area (Å²) in [4.78, 5) is 1.33. The summed E-state index contributed by atoms with van der Waals surface area (Å²) in [6.07, 6.45) is 3.51. The van der Waals surface area contributed by atoms with Crippen LogP contribution in [0.5, 0.6) is 0 Å². The van der Waals surface area contributed by atoms with E-state index in [2.05, 4.69) is 29.8 Å². The van der Waals surface area contributed by atoms with Crippen molar-refractivity contribution in [2.24, 2.45) is 0 Å². The van der Waals surface area contributed by atoms with E-state index in [0.29, 0.717) is 0 Å². The normalized spacial score (nSPS) is 12.9. The maximum Gasteiger partial charge on any atom is 0.0954 e. The van der Waals surface area contributed by atoms with Gasteiger partial charge in [0.05, 0.1) is 18.6 Å². The number of rotatable bonds is 4. The summed E-state index contributed by atoms with van der Waals surface area (Å²) >= 11 is 1.77. The Kier molecular flexibility index (Phi) is 3.01. The van der Waals surface area contributed by atoms with E-state index in [4.69, 9.17) is 4.42 Å². The molecular weight excluding hydrogens is 194 g/mol. The Morgan fingerprint density at radius 1 is 1.50 bits per heavy atom. The minimum Gasteiger partial charge on any atom is -0.472 e. The largest absolute Gasteiger partial charge is 0.472 e. The molecule has 1 atom stereocenters. The standard InChI is InChI=1S/C11H13NOS/c1-2-12-11(9-5-6-13-8-9)10-4-3-7-14-10/h3-8,11-12H,2H2,1H3. The van der Waals surface area contributed by atoms with Gasteiger partial charge < -0.3 is 9.73 Å². The number of hydrogen-bond donors (Lipinski definition) is 1. The Morgan fingerprint density at radius 3 is 3.00 bits per heavy atom. The molecule has 0 saturated carbocycles. The molecule has 2 heterocycles. The van der Waals surface area contributed by atoms with Gasteiger partial charge in [0, 0.05) is 10.4 Å². The van der Waals surface area contributed by atoms with Crippen LogP contribution >= 0.6 is 11.3 Å². The zero-order valence-electron chi connectivity index (χ0n) is 8.07. The van der Waals surface area contributed by atoms with Crippen molar-refractivity contribution in [3.8, 4) is 0 Å². The molecule has 0 fully saturated rings. The molecular formula is C11H13NOS. The molecule has 0 spiro atoms. The van der Waals surface area contributed by atoms with Crippen molar-refractivity contribution in [3.05, 3.63) is 46.5 Å². The molecule has 2 rings (SSSR count). The van der Waals surface area contributed by atoms with Crippen LogP contribution in [0.3, 0.4) is 0 Å². The van der Waals surface area contributed by atoms with E-state index in [1.165, 1.54) is 10.4 Å². The molecule has 0 aromatic carbocycles. The number of thiophene rings is 1. The van der Waals surface area contributed by atoms with Crippen LogP contribution in [0.2, 0.25) is 0 Å². The minimum absolute atomic E-state index is 0.277. The molecule has 2 aromatic rings. The summed E-state index contributed by atoms with van der Waals surface area (Å²) in [6.45, 7) is 3.06. The lowest BCUT2D eigenvalue weighted by atomic mass is 10.1. The van der Waals surface area contributed by atoms with Crippen LogP contribution in [0.4, 0.5) is 0 Å². The third kappa shape index (κ3) is 1.89. The van der Waals surface area contributed by atoms with E-state index >= 15 is 0 Å². The van der Waals surface area contributed by atoms with Gasteiger partial charge in [-0.15, -0.1) is 11.3 Å². The van der Waals surface area contributed by atoms with Gasteiger partial charge >= 0.3 is 0 Å². The Bertz CT molecular complexity index is 318. The van der Waals surface area contributed by atoms with Crippen LogP contribution in [-0.2, 0) is 0 Å². The third-order valence-electron chi connectivity index (χ3n) is 2.11. The monoisotopic (exact) mass is 207 g/mol. The summed E-state index contributed by atoms with van der Waals surface area (Å²) in [6, 6.07) is 6.50. The van der Waals surface area contributed by atoms with Gasteiger partial charge in [0.2, 0.25) is 0 Å². The fourth-order valence-electron chi connectivity index (χ4n) is 1.48. The molecule has 0 aliphatic rings. The van der Waals surface area contributed by atoms with E-state index in [9.17, 15) is 0 Å². The smallest absolute Gasteiger partial charge is 0.0954 e. The lowest BCUT2D eigenvalue weighted by Gasteiger charge is -2.13. The first-order valence-corrected chi connectivity index (χ1v) is 5.58. The van der Waals surface area contributed by atoms with Crippen LogP contribution < -0.4 is 5.32 Å². The molecule has 2 nitrogen and oxygen atoms in total. The van der Waals surface area contributed by atoms with Crippen LogP contribution in [0.15, 0.2) is 40.5 Å². The average Bonchev–Trinajstić information content (AvgIpc) is 2.87. The van der Waals surface area contributed by atoms with Crippen molar-refractivity contribution in [1.82, 2.24) is 5.32 Å². The molecule has 14 heavy (non-hydrogen) atoms. The Morgan fingerprint density at radius 2 is 2.43 bits per heavy atom. The van der Waals surface area contributed by atoms with Crippen LogP contribution in [-0.4, -0.2) is 6.54 Å². The number of hydrogen-bond acceptors (Lipinski definition) is 3. The van der Waals surface area contributed by atoms with E-state index in [0.717, 1.165) is 6.54 Å². The zero-order valence-corrected chi connectivity index (χ0v) is 8.88. The molecule has 3 heteroatoms. The maximum atomic E-state index is 5.10. The molecule has 1 N–H and O–H groups in total. The molecule has 0 bridgehead atoms. The Balaban J connectivity index is 2.25.